The average Bonchev–Trinajstić information content (AvgIpc) is 2.91. The van der Waals surface area contributed by atoms with E-state index in [1.54, 1.807) is 0 Å². The van der Waals surface area contributed by atoms with Crippen LogP contribution in [0.5, 0.6) is 0 Å². The van der Waals surface area contributed by atoms with Crippen molar-refractivity contribution in [2.75, 3.05) is 0 Å². The summed E-state index contributed by atoms with van der Waals surface area (Å²) in [6.07, 6.45) is -1.17. The third-order valence-electron chi connectivity index (χ3n) is 4.09. The van der Waals surface area contributed by atoms with Gasteiger partial charge in [-0.3, -0.25) is 9.59 Å². The van der Waals surface area contributed by atoms with Crippen LogP contribution in [0, 0.1) is 0 Å². The summed E-state index contributed by atoms with van der Waals surface area (Å²) < 4.78 is 39.9. The van der Waals surface area contributed by atoms with E-state index in [0.717, 1.165) is 48.0 Å². The molecule has 1 N–H and O–H groups in total. The normalized spacial score (nSPS) is 15.0. The second kappa shape index (κ2) is 7.06. The van der Waals surface area contributed by atoms with Crippen molar-refractivity contribution in [3.63, 3.8) is 0 Å². The molecule has 0 aliphatic heterocycles. The van der Waals surface area contributed by atoms with Crippen LogP contribution in [-0.2, 0) is 30.4 Å². The first-order valence-corrected chi connectivity index (χ1v) is 8.77. The summed E-state index contributed by atoms with van der Waals surface area (Å²) in [7, 11) is 0. The van der Waals surface area contributed by atoms with Crippen molar-refractivity contribution in [2.45, 2.75) is 38.4 Å². The maximum atomic E-state index is 12.8. The predicted molar refractivity (Wildman–Crippen MR) is 87.9 cm³/mol. The number of benzene rings is 1. The van der Waals surface area contributed by atoms with Crippen molar-refractivity contribution in [1.82, 2.24) is 4.57 Å². The Kier molecular flexibility index (Phi) is 4.99. The van der Waals surface area contributed by atoms with Crippen LogP contribution in [0.2, 0.25) is 0 Å². The highest BCUT2D eigenvalue weighted by atomic mass is 32.1. The van der Waals surface area contributed by atoms with E-state index in [1.165, 1.54) is 22.0 Å². The Morgan fingerprint density at radius 2 is 1.96 bits per heavy atom. The van der Waals surface area contributed by atoms with E-state index in [4.69, 9.17) is 5.11 Å². The zero-order chi connectivity index (χ0) is 18.9. The highest BCUT2D eigenvalue weighted by Gasteiger charge is 2.31. The molecule has 9 heteroatoms. The third-order valence-corrected chi connectivity index (χ3v) is 5.27. The smallest absolute Gasteiger partial charge is 0.416 e. The van der Waals surface area contributed by atoms with Crippen molar-refractivity contribution < 1.29 is 27.9 Å². The number of amides is 1. The number of fused-ring (bicyclic) bond motifs is 1. The number of hydrogen-bond acceptors (Lipinski definition) is 3. The largest absolute Gasteiger partial charge is 0.480 e. The van der Waals surface area contributed by atoms with Crippen molar-refractivity contribution in [2.24, 2.45) is 4.99 Å². The molecule has 2 aromatic rings. The zero-order valence-corrected chi connectivity index (χ0v) is 14.4. The molecule has 1 amide bonds. The van der Waals surface area contributed by atoms with Crippen LogP contribution < -0.4 is 4.80 Å². The zero-order valence-electron chi connectivity index (χ0n) is 13.5. The molecule has 0 saturated carbocycles. The second-order valence-electron chi connectivity index (χ2n) is 5.94. The van der Waals surface area contributed by atoms with Crippen LogP contribution in [0.3, 0.4) is 0 Å². The predicted octanol–water partition coefficient (Wildman–Crippen LogP) is 3.27. The van der Waals surface area contributed by atoms with Crippen LogP contribution >= 0.6 is 11.3 Å². The fourth-order valence-corrected chi connectivity index (χ4v) is 4.11. The van der Waals surface area contributed by atoms with Gasteiger partial charge in [-0.05, 0) is 43.9 Å². The molecule has 3 rings (SSSR count). The van der Waals surface area contributed by atoms with Crippen molar-refractivity contribution in [3.05, 3.63) is 50.8 Å². The molecule has 5 nitrogen and oxygen atoms in total. The molecule has 1 aromatic heterocycles. The molecule has 0 radical (unpaired) electrons. The highest BCUT2D eigenvalue weighted by Crippen LogP contribution is 2.29. The number of halogens is 3. The minimum atomic E-state index is -4.55. The van der Waals surface area contributed by atoms with Gasteiger partial charge in [0.15, 0.2) is 4.80 Å². The first-order chi connectivity index (χ1) is 12.3. The summed E-state index contributed by atoms with van der Waals surface area (Å²) in [6, 6.07) is 4.04. The molecule has 1 aliphatic rings. The van der Waals surface area contributed by atoms with E-state index in [9.17, 15) is 22.8 Å². The van der Waals surface area contributed by atoms with Gasteiger partial charge < -0.3 is 9.67 Å². The highest BCUT2D eigenvalue weighted by molar-refractivity contribution is 7.09. The summed E-state index contributed by atoms with van der Waals surface area (Å²) in [5, 5.41) is 9.12. The standard InChI is InChI=1S/C17H15F3N2O3S/c18-17(19,20)11-5-3-4-10(8-11)15(25)21-16-22(9-14(23)24)12-6-1-2-7-13(12)26-16/h3-5,8H,1-2,6-7,9H2,(H,23,24)/b21-16-. The van der Waals surface area contributed by atoms with Gasteiger partial charge in [0.1, 0.15) is 6.54 Å². The van der Waals surface area contributed by atoms with E-state index in [-0.39, 0.29) is 16.9 Å². The van der Waals surface area contributed by atoms with Gasteiger partial charge in [-0.15, -0.1) is 11.3 Å². The number of aliphatic carboxylic acids is 1. The van der Waals surface area contributed by atoms with E-state index in [0.29, 0.717) is 6.42 Å². The van der Waals surface area contributed by atoms with Gasteiger partial charge in [0.05, 0.1) is 5.56 Å². The summed E-state index contributed by atoms with van der Waals surface area (Å²) in [5.41, 5.74) is -0.269. The molecular formula is C17H15F3N2O3S. The van der Waals surface area contributed by atoms with Crippen LogP contribution in [0.25, 0.3) is 0 Å². The molecule has 1 aliphatic carbocycles. The summed E-state index contributed by atoms with van der Waals surface area (Å²) >= 11 is 1.23. The molecule has 1 aromatic carbocycles. The molecule has 0 atom stereocenters. The first-order valence-electron chi connectivity index (χ1n) is 7.95. The van der Waals surface area contributed by atoms with Crippen molar-refractivity contribution in [3.8, 4) is 0 Å². The van der Waals surface area contributed by atoms with Gasteiger partial charge in [-0.25, -0.2) is 0 Å². The van der Waals surface area contributed by atoms with E-state index >= 15 is 0 Å². The van der Waals surface area contributed by atoms with Gasteiger partial charge in [-0.2, -0.15) is 18.2 Å². The lowest BCUT2D eigenvalue weighted by atomic mass is 10.0. The van der Waals surface area contributed by atoms with Gasteiger partial charge in [0.25, 0.3) is 5.91 Å². The van der Waals surface area contributed by atoms with Crippen LogP contribution in [-0.4, -0.2) is 21.6 Å². The van der Waals surface area contributed by atoms with Gasteiger partial charge in [0, 0.05) is 16.1 Å². The first kappa shape index (κ1) is 18.4. The van der Waals surface area contributed by atoms with Gasteiger partial charge in [-0.1, -0.05) is 6.07 Å². The molecular weight excluding hydrogens is 369 g/mol. The quantitative estimate of drug-likeness (QED) is 0.883. The molecule has 138 valence electrons. The lowest BCUT2D eigenvalue weighted by Gasteiger charge is -2.12. The SMILES string of the molecule is O=C(O)Cn1c2c(s/c1=N\C(=O)c1cccc(C(F)(F)F)c1)CCCC2. The fourth-order valence-electron chi connectivity index (χ4n) is 2.90. The Labute approximate surface area is 150 Å². The van der Waals surface area contributed by atoms with E-state index in [1.807, 2.05) is 0 Å². The monoisotopic (exact) mass is 384 g/mol. The maximum absolute atomic E-state index is 12.8. The minimum absolute atomic E-state index is 0.187. The topological polar surface area (TPSA) is 71.7 Å². The number of nitrogens with zero attached hydrogens (tertiary/aromatic N) is 2. The Morgan fingerprint density at radius 1 is 1.23 bits per heavy atom. The van der Waals surface area contributed by atoms with Crippen LogP contribution in [0.15, 0.2) is 29.3 Å². The Morgan fingerprint density at radius 3 is 2.65 bits per heavy atom. The Bertz CT molecular complexity index is 928. The van der Waals surface area contributed by atoms with Gasteiger partial charge >= 0.3 is 12.1 Å². The average molecular weight is 384 g/mol. The molecule has 0 bridgehead atoms. The number of aromatic nitrogens is 1. The Balaban J connectivity index is 2.03. The molecule has 0 unspecified atom stereocenters. The molecule has 1 heterocycles. The number of hydrogen-bond donors (Lipinski definition) is 1. The number of carboxylic acid groups (broad SMARTS) is 1. The Hall–Kier alpha value is -2.42. The lowest BCUT2D eigenvalue weighted by molar-refractivity contribution is -0.138. The second-order valence-corrected chi connectivity index (χ2v) is 7.00. The van der Waals surface area contributed by atoms with E-state index < -0.39 is 23.6 Å². The summed E-state index contributed by atoms with van der Waals surface area (Å²) in [6.45, 7) is -0.333. The fraction of sp³-hybridized carbons (Fsp3) is 0.353. The number of carbonyl (C=O) groups is 2. The maximum Gasteiger partial charge on any atom is 0.416 e. The molecule has 0 spiro atoms. The summed E-state index contributed by atoms with van der Waals surface area (Å²) in [5.74, 6) is -1.89. The number of aryl methyl sites for hydroxylation is 1. The number of alkyl halides is 3. The lowest BCUT2D eigenvalue weighted by Crippen LogP contribution is -2.24. The van der Waals surface area contributed by atoms with Gasteiger partial charge in [0.2, 0.25) is 0 Å². The minimum Gasteiger partial charge on any atom is -0.480 e. The number of thiazole rings is 1. The van der Waals surface area contributed by atoms with Crippen LogP contribution in [0.1, 0.15) is 39.3 Å². The number of carboxylic acids is 1. The third kappa shape index (κ3) is 3.87. The molecule has 0 fully saturated rings. The van der Waals surface area contributed by atoms with Crippen LogP contribution in [0.4, 0.5) is 13.2 Å². The van der Waals surface area contributed by atoms with Crippen molar-refractivity contribution >= 4 is 23.2 Å². The number of carbonyl (C=O) groups excluding carboxylic acids is 1. The van der Waals surface area contributed by atoms with E-state index in [2.05, 4.69) is 4.99 Å². The van der Waals surface area contributed by atoms with Crippen molar-refractivity contribution in [1.29, 1.82) is 0 Å². The molecule has 26 heavy (non-hydrogen) atoms. The number of rotatable bonds is 3. The summed E-state index contributed by atoms with van der Waals surface area (Å²) in [4.78, 5) is 28.6. The molecule has 0 saturated heterocycles.